The third-order valence-electron chi connectivity index (χ3n) is 4.19. The first-order chi connectivity index (χ1) is 14.7. The molecule has 0 radical (unpaired) electrons. The number of methoxy groups -OCH3 is 1. The van der Waals surface area contributed by atoms with Crippen molar-refractivity contribution in [3.8, 4) is 5.75 Å². The number of hydrogen-bond acceptors (Lipinski definition) is 5. The van der Waals surface area contributed by atoms with Crippen molar-refractivity contribution in [2.45, 2.75) is 6.42 Å². The van der Waals surface area contributed by atoms with E-state index in [9.17, 15) is 28.3 Å². The zero-order valence-corrected chi connectivity index (χ0v) is 17.1. The second kappa shape index (κ2) is 11.0. The molecule has 3 N–H and O–H groups in total. The highest BCUT2D eigenvalue weighted by Crippen LogP contribution is 2.24. The van der Waals surface area contributed by atoms with Crippen molar-refractivity contribution in [3.05, 3.63) is 59.2 Å². The van der Waals surface area contributed by atoms with Crippen molar-refractivity contribution in [1.29, 1.82) is 0 Å². The highest BCUT2D eigenvalue weighted by Gasteiger charge is 2.19. The number of aromatic hydroxyl groups is 1. The highest BCUT2D eigenvalue weighted by atomic mass is 19.1. The van der Waals surface area contributed by atoms with Crippen LogP contribution >= 0.6 is 0 Å². The van der Waals surface area contributed by atoms with E-state index in [1.165, 1.54) is 19.2 Å². The molecule has 0 aliphatic rings. The third kappa shape index (κ3) is 7.03. The second-order valence-corrected chi connectivity index (χ2v) is 6.70. The summed E-state index contributed by atoms with van der Waals surface area (Å²) in [5.74, 6) is -3.99. The van der Waals surface area contributed by atoms with E-state index in [2.05, 4.69) is 10.6 Å². The Labute approximate surface area is 177 Å². The standard InChI is InChI=1S/C21H23F2N3O5/c1-26(12-19(28)24-6-3-7-31-2)21(30)17-5-4-16(11-18(17)27)25-20(29)13-8-14(22)10-15(23)9-13/h4-5,8-11,27H,3,6-7,12H2,1-2H3,(H,24,28)(H,25,29). The lowest BCUT2D eigenvalue weighted by atomic mass is 10.1. The Balaban J connectivity index is 2.00. The Morgan fingerprint density at radius 1 is 1.10 bits per heavy atom. The minimum atomic E-state index is -0.903. The smallest absolute Gasteiger partial charge is 0.257 e. The van der Waals surface area contributed by atoms with Gasteiger partial charge in [0.1, 0.15) is 17.4 Å². The van der Waals surface area contributed by atoms with Crippen molar-refractivity contribution in [1.82, 2.24) is 10.2 Å². The Morgan fingerprint density at radius 2 is 1.77 bits per heavy atom. The molecule has 3 amide bonds. The number of ether oxygens (including phenoxy) is 1. The summed E-state index contributed by atoms with van der Waals surface area (Å²) >= 11 is 0. The maximum absolute atomic E-state index is 13.3. The van der Waals surface area contributed by atoms with Crippen LogP contribution in [-0.2, 0) is 9.53 Å². The first-order valence-electron chi connectivity index (χ1n) is 9.33. The average molecular weight is 435 g/mol. The topological polar surface area (TPSA) is 108 Å². The van der Waals surface area contributed by atoms with Crippen LogP contribution in [0.3, 0.4) is 0 Å². The van der Waals surface area contributed by atoms with E-state index in [1.807, 2.05) is 0 Å². The molecular weight excluding hydrogens is 412 g/mol. The number of carbonyl (C=O) groups is 3. The summed E-state index contributed by atoms with van der Waals surface area (Å²) in [7, 11) is 2.96. The van der Waals surface area contributed by atoms with Gasteiger partial charge in [-0.2, -0.15) is 0 Å². The van der Waals surface area contributed by atoms with Crippen LogP contribution in [0.5, 0.6) is 5.75 Å². The molecule has 0 spiro atoms. The quantitative estimate of drug-likeness (QED) is 0.523. The predicted molar refractivity (Wildman–Crippen MR) is 109 cm³/mol. The lowest BCUT2D eigenvalue weighted by molar-refractivity contribution is -0.121. The minimum Gasteiger partial charge on any atom is -0.507 e. The predicted octanol–water partition coefficient (Wildman–Crippen LogP) is 2.15. The molecule has 0 heterocycles. The summed E-state index contributed by atoms with van der Waals surface area (Å²) in [6.07, 6.45) is 0.635. The molecule has 0 unspecified atom stereocenters. The van der Waals surface area contributed by atoms with Crippen molar-refractivity contribution in [3.63, 3.8) is 0 Å². The number of hydrogen-bond donors (Lipinski definition) is 3. The van der Waals surface area contributed by atoms with Gasteiger partial charge < -0.3 is 25.4 Å². The molecule has 31 heavy (non-hydrogen) atoms. The summed E-state index contributed by atoms with van der Waals surface area (Å²) < 4.78 is 31.4. The van der Waals surface area contributed by atoms with Crippen LogP contribution < -0.4 is 10.6 Å². The summed E-state index contributed by atoms with van der Waals surface area (Å²) in [5, 5.41) is 15.2. The van der Waals surface area contributed by atoms with Gasteiger partial charge in [0.2, 0.25) is 5.91 Å². The van der Waals surface area contributed by atoms with Crippen molar-refractivity contribution in [2.75, 3.05) is 39.2 Å². The lowest BCUT2D eigenvalue weighted by Gasteiger charge is -2.18. The van der Waals surface area contributed by atoms with Crippen molar-refractivity contribution in [2.24, 2.45) is 0 Å². The molecule has 166 valence electrons. The fourth-order valence-electron chi connectivity index (χ4n) is 2.67. The molecule has 0 aliphatic carbocycles. The zero-order chi connectivity index (χ0) is 23.0. The van der Waals surface area contributed by atoms with E-state index in [0.29, 0.717) is 25.6 Å². The second-order valence-electron chi connectivity index (χ2n) is 6.70. The van der Waals surface area contributed by atoms with Gasteiger partial charge in [-0.3, -0.25) is 14.4 Å². The summed E-state index contributed by atoms with van der Waals surface area (Å²) in [5.41, 5.74) is -0.208. The number of anilines is 1. The lowest BCUT2D eigenvalue weighted by Crippen LogP contribution is -2.38. The van der Waals surface area contributed by atoms with Gasteiger partial charge in [0.25, 0.3) is 11.8 Å². The number of phenolic OH excluding ortho intramolecular Hbond substituents is 1. The van der Waals surface area contributed by atoms with Gasteiger partial charge in [0.05, 0.1) is 12.1 Å². The number of phenols is 1. The number of likely N-dealkylation sites (N-methyl/N-ethyl adjacent to an activating group) is 1. The van der Waals surface area contributed by atoms with Crippen LogP contribution in [0.4, 0.5) is 14.5 Å². The Morgan fingerprint density at radius 3 is 2.39 bits per heavy atom. The van der Waals surface area contributed by atoms with Crippen LogP contribution in [0, 0.1) is 11.6 Å². The van der Waals surface area contributed by atoms with Crippen LogP contribution in [0.1, 0.15) is 27.1 Å². The summed E-state index contributed by atoms with van der Waals surface area (Å²) in [4.78, 5) is 37.7. The maximum atomic E-state index is 13.3. The number of carbonyl (C=O) groups excluding carboxylic acids is 3. The van der Waals surface area contributed by atoms with E-state index in [1.54, 1.807) is 7.11 Å². The third-order valence-corrected chi connectivity index (χ3v) is 4.19. The zero-order valence-electron chi connectivity index (χ0n) is 17.1. The van der Waals surface area contributed by atoms with Gasteiger partial charge in [0, 0.05) is 50.7 Å². The Hall–Kier alpha value is -3.53. The van der Waals surface area contributed by atoms with Crippen molar-refractivity contribution < 1.29 is 33.0 Å². The van der Waals surface area contributed by atoms with E-state index in [4.69, 9.17) is 4.74 Å². The Bertz CT molecular complexity index is 948. The van der Waals surface area contributed by atoms with E-state index >= 15 is 0 Å². The number of benzene rings is 2. The summed E-state index contributed by atoms with van der Waals surface area (Å²) in [6, 6.07) is 6.11. The number of amides is 3. The molecule has 0 atom stereocenters. The molecular formula is C21H23F2N3O5. The van der Waals surface area contributed by atoms with Crippen LogP contribution in [0.15, 0.2) is 36.4 Å². The van der Waals surface area contributed by atoms with Gasteiger partial charge >= 0.3 is 0 Å². The van der Waals surface area contributed by atoms with E-state index in [0.717, 1.165) is 23.1 Å². The van der Waals surface area contributed by atoms with Gasteiger partial charge in [-0.15, -0.1) is 0 Å². The normalized spacial score (nSPS) is 10.5. The van der Waals surface area contributed by atoms with E-state index < -0.39 is 29.2 Å². The molecule has 0 aliphatic heterocycles. The first kappa shape index (κ1) is 23.7. The molecule has 2 aromatic rings. The first-order valence-corrected chi connectivity index (χ1v) is 9.33. The molecule has 2 rings (SSSR count). The molecule has 0 saturated carbocycles. The molecule has 0 saturated heterocycles. The van der Waals surface area contributed by atoms with Gasteiger partial charge in [-0.05, 0) is 30.7 Å². The highest BCUT2D eigenvalue weighted by molar-refractivity contribution is 6.05. The molecule has 8 nitrogen and oxygen atoms in total. The fourth-order valence-corrected chi connectivity index (χ4v) is 2.67. The SMILES string of the molecule is COCCCNC(=O)CN(C)C(=O)c1ccc(NC(=O)c2cc(F)cc(F)c2)cc1O. The summed E-state index contributed by atoms with van der Waals surface area (Å²) in [6.45, 7) is 0.693. The molecule has 10 heteroatoms. The monoisotopic (exact) mass is 435 g/mol. The number of nitrogens with zero attached hydrogens (tertiary/aromatic N) is 1. The van der Waals surface area contributed by atoms with Gasteiger partial charge in [0.15, 0.2) is 0 Å². The fraction of sp³-hybridized carbons (Fsp3) is 0.286. The van der Waals surface area contributed by atoms with Gasteiger partial charge in [-0.1, -0.05) is 0 Å². The molecule has 0 aromatic heterocycles. The maximum Gasteiger partial charge on any atom is 0.257 e. The van der Waals surface area contributed by atoms with Gasteiger partial charge in [-0.25, -0.2) is 8.78 Å². The van der Waals surface area contributed by atoms with Crippen LogP contribution in [0.25, 0.3) is 0 Å². The number of rotatable bonds is 9. The van der Waals surface area contributed by atoms with Crippen molar-refractivity contribution >= 4 is 23.4 Å². The van der Waals surface area contributed by atoms with E-state index in [-0.39, 0.29) is 29.3 Å². The average Bonchev–Trinajstić information content (AvgIpc) is 2.70. The Kier molecular flexibility index (Phi) is 8.44. The van der Waals surface area contributed by atoms with Crippen LogP contribution in [0.2, 0.25) is 0 Å². The molecule has 0 fully saturated rings. The number of halogens is 2. The molecule has 2 aromatic carbocycles. The van der Waals surface area contributed by atoms with Crippen LogP contribution in [-0.4, -0.2) is 61.6 Å². The minimum absolute atomic E-state index is 0.0792. The number of nitrogens with one attached hydrogen (secondary N) is 2. The molecule has 0 bridgehead atoms. The largest absolute Gasteiger partial charge is 0.507 e.